The monoisotopic (exact) mass is 559 g/mol. The molecule has 1 heteroatoms. The van der Waals surface area contributed by atoms with Crippen molar-refractivity contribution in [1.82, 2.24) is 4.57 Å². The van der Waals surface area contributed by atoms with E-state index in [1.54, 1.807) is 0 Å². The van der Waals surface area contributed by atoms with Crippen LogP contribution in [-0.4, -0.2) is 4.57 Å². The molecule has 0 aliphatic heterocycles. The molecule has 0 atom stereocenters. The largest absolute Gasteiger partial charge is 0.309 e. The molecule has 1 aliphatic carbocycles. The summed E-state index contributed by atoms with van der Waals surface area (Å²) < 4.78 is 2.45. The first-order valence-electron chi connectivity index (χ1n) is 15.3. The fourth-order valence-electron chi connectivity index (χ4n) is 7.33. The van der Waals surface area contributed by atoms with Gasteiger partial charge in [-0.1, -0.05) is 140 Å². The van der Waals surface area contributed by atoms with Gasteiger partial charge in [-0.2, -0.15) is 0 Å². The number of hydrogen-bond donors (Lipinski definition) is 0. The highest BCUT2D eigenvalue weighted by Gasteiger charge is 2.22. The summed E-state index contributed by atoms with van der Waals surface area (Å²) in [5, 5.41) is 2.56. The molecule has 9 rings (SSSR count). The fraction of sp³-hybridized carbons (Fsp3) is 0.0233. The van der Waals surface area contributed by atoms with Gasteiger partial charge in [-0.05, 0) is 80.8 Å². The number of hydrogen-bond acceptors (Lipinski definition) is 0. The zero-order chi connectivity index (χ0) is 29.0. The van der Waals surface area contributed by atoms with E-state index in [1.165, 1.54) is 83.1 Å². The first-order chi connectivity index (χ1) is 21.8. The maximum absolute atomic E-state index is 2.45. The van der Waals surface area contributed by atoms with Crippen molar-refractivity contribution in [2.45, 2.75) is 6.42 Å². The highest BCUT2D eigenvalue weighted by molar-refractivity contribution is 6.16. The van der Waals surface area contributed by atoms with E-state index in [0.717, 1.165) is 6.42 Å². The Morgan fingerprint density at radius 1 is 0.386 bits per heavy atom. The van der Waals surface area contributed by atoms with Crippen LogP contribution >= 0.6 is 0 Å². The molecular weight excluding hydrogens is 530 g/mol. The smallest absolute Gasteiger partial charge is 0.0547 e. The lowest BCUT2D eigenvalue weighted by molar-refractivity contribution is 1.18. The Morgan fingerprint density at radius 2 is 0.977 bits per heavy atom. The molecule has 0 bridgehead atoms. The van der Waals surface area contributed by atoms with E-state index in [4.69, 9.17) is 0 Å². The second-order valence-electron chi connectivity index (χ2n) is 11.7. The van der Waals surface area contributed by atoms with Crippen molar-refractivity contribution >= 4 is 21.8 Å². The molecule has 0 amide bonds. The molecule has 0 unspecified atom stereocenters. The van der Waals surface area contributed by atoms with Crippen LogP contribution in [-0.2, 0) is 6.42 Å². The molecule has 0 saturated heterocycles. The average molecular weight is 560 g/mol. The minimum atomic E-state index is 0.980. The van der Waals surface area contributed by atoms with Crippen LogP contribution in [0.3, 0.4) is 0 Å². The third-order valence-electron chi connectivity index (χ3n) is 9.26. The lowest BCUT2D eigenvalue weighted by Crippen LogP contribution is -1.97. The molecule has 7 aromatic carbocycles. The molecule has 0 N–H and O–H groups in total. The van der Waals surface area contributed by atoms with E-state index >= 15 is 0 Å². The summed E-state index contributed by atoms with van der Waals surface area (Å²) in [5.41, 5.74) is 16.7. The summed E-state index contributed by atoms with van der Waals surface area (Å²) in [6, 6.07) is 59.8. The fourth-order valence-corrected chi connectivity index (χ4v) is 7.33. The summed E-state index contributed by atoms with van der Waals surface area (Å²) in [5.74, 6) is 0. The van der Waals surface area contributed by atoms with Crippen LogP contribution in [0.15, 0.2) is 164 Å². The average Bonchev–Trinajstić information content (AvgIpc) is 3.65. The predicted octanol–water partition coefficient (Wildman–Crippen LogP) is 11.4. The molecule has 0 fully saturated rings. The maximum atomic E-state index is 2.45. The molecule has 1 aliphatic rings. The number of para-hydroxylation sites is 2. The SMILES string of the molecule is c1ccc(-c2cccc3c2c2ccccc2n3-c2ccccc2-c2cccc(-c3cccc4c3Cc3ccccc3-4)c2)cc1. The molecule has 1 nitrogen and oxygen atoms in total. The van der Waals surface area contributed by atoms with Crippen molar-refractivity contribution in [3.05, 3.63) is 175 Å². The van der Waals surface area contributed by atoms with E-state index in [1.807, 2.05) is 0 Å². The molecule has 1 heterocycles. The topological polar surface area (TPSA) is 4.93 Å². The number of rotatable bonds is 4. The van der Waals surface area contributed by atoms with Crippen molar-refractivity contribution in [2.75, 3.05) is 0 Å². The summed E-state index contributed by atoms with van der Waals surface area (Å²) in [6.07, 6.45) is 0.980. The van der Waals surface area contributed by atoms with Crippen LogP contribution in [0.25, 0.3) is 72.0 Å². The number of benzene rings is 7. The van der Waals surface area contributed by atoms with Crippen LogP contribution in [0.1, 0.15) is 11.1 Å². The normalized spacial score (nSPS) is 12.0. The van der Waals surface area contributed by atoms with E-state index < -0.39 is 0 Å². The third kappa shape index (κ3) is 3.80. The minimum absolute atomic E-state index is 0.980. The highest BCUT2D eigenvalue weighted by Crippen LogP contribution is 2.43. The Labute approximate surface area is 257 Å². The van der Waals surface area contributed by atoms with E-state index in [0.29, 0.717) is 0 Å². The van der Waals surface area contributed by atoms with Gasteiger partial charge in [0, 0.05) is 16.3 Å². The van der Waals surface area contributed by atoms with Crippen molar-refractivity contribution in [1.29, 1.82) is 0 Å². The van der Waals surface area contributed by atoms with Gasteiger partial charge in [0.15, 0.2) is 0 Å². The standard InChI is InChI=1S/C43H29N/c1-2-13-29(14-3-1)36-22-12-26-42-43(36)38-20-7-9-25-41(38)44(42)40-24-8-6-19-35(40)31-17-10-16-30(27-31)34-21-11-23-37-33-18-5-4-15-32(33)28-39(34)37/h1-27H,28H2. The molecule has 8 aromatic rings. The van der Waals surface area contributed by atoms with Gasteiger partial charge < -0.3 is 4.57 Å². The van der Waals surface area contributed by atoms with Crippen LogP contribution in [0.2, 0.25) is 0 Å². The Morgan fingerprint density at radius 3 is 1.89 bits per heavy atom. The quantitative estimate of drug-likeness (QED) is 0.202. The van der Waals surface area contributed by atoms with Gasteiger partial charge in [-0.3, -0.25) is 0 Å². The molecule has 44 heavy (non-hydrogen) atoms. The van der Waals surface area contributed by atoms with Crippen LogP contribution < -0.4 is 0 Å². The highest BCUT2D eigenvalue weighted by atomic mass is 15.0. The molecule has 1 aromatic heterocycles. The maximum Gasteiger partial charge on any atom is 0.0547 e. The Hall–Kier alpha value is -5.66. The first kappa shape index (κ1) is 24.9. The first-order valence-corrected chi connectivity index (χ1v) is 15.3. The second-order valence-corrected chi connectivity index (χ2v) is 11.7. The Bertz CT molecular complexity index is 2360. The molecule has 0 saturated carbocycles. The van der Waals surface area contributed by atoms with Gasteiger partial charge in [0.2, 0.25) is 0 Å². The van der Waals surface area contributed by atoms with Gasteiger partial charge in [0.1, 0.15) is 0 Å². The predicted molar refractivity (Wildman–Crippen MR) is 185 cm³/mol. The lowest BCUT2D eigenvalue weighted by Gasteiger charge is -2.16. The number of fused-ring (bicyclic) bond motifs is 6. The van der Waals surface area contributed by atoms with Crippen molar-refractivity contribution in [3.8, 4) is 50.2 Å². The third-order valence-corrected chi connectivity index (χ3v) is 9.26. The zero-order valence-corrected chi connectivity index (χ0v) is 24.2. The van der Waals surface area contributed by atoms with Crippen molar-refractivity contribution < 1.29 is 0 Å². The van der Waals surface area contributed by atoms with E-state index in [-0.39, 0.29) is 0 Å². The van der Waals surface area contributed by atoms with Crippen LogP contribution in [0.4, 0.5) is 0 Å². The minimum Gasteiger partial charge on any atom is -0.309 e. The summed E-state index contributed by atoms with van der Waals surface area (Å²) in [6.45, 7) is 0. The van der Waals surface area contributed by atoms with Gasteiger partial charge >= 0.3 is 0 Å². The van der Waals surface area contributed by atoms with E-state index in [9.17, 15) is 0 Å². The lowest BCUT2D eigenvalue weighted by atomic mass is 9.93. The van der Waals surface area contributed by atoms with Crippen molar-refractivity contribution in [2.24, 2.45) is 0 Å². The zero-order valence-electron chi connectivity index (χ0n) is 24.2. The number of aromatic nitrogens is 1. The summed E-state index contributed by atoms with van der Waals surface area (Å²) in [7, 11) is 0. The van der Waals surface area contributed by atoms with Gasteiger partial charge in [0.25, 0.3) is 0 Å². The van der Waals surface area contributed by atoms with Crippen LogP contribution in [0.5, 0.6) is 0 Å². The molecular formula is C43H29N. The van der Waals surface area contributed by atoms with Gasteiger partial charge in [-0.25, -0.2) is 0 Å². The van der Waals surface area contributed by atoms with Gasteiger partial charge in [0.05, 0.1) is 16.7 Å². The number of nitrogens with zero attached hydrogens (tertiary/aromatic N) is 1. The Balaban J connectivity index is 1.24. The van der Waals surface area contributed by atoms with Crippen LogP contribution in [0, 0.1) is 0 Å². The van der Waals surface area contributed by atoms with Gasteiger partial charge in [-0.15, -0.1) is 0 Å². The summed E-state index contributed by atoms with van der Waals surface area (Å²) in [4.78, 5) is 0. The summed E-state index contributed by atoms with van der Waals surface area (Å²) >= 11 is 0. The second kappa shape index (κ2) is 9.97. The molecule has 206 valence electrons. The van der Waals surface area contributed by atoms with Crippen molar-refractivity contribution in [3.63, 3.8) is 0 Å². The molecule has 0 spiro atoms. The molecule has 0 radical (unpaired) electrons. The Kier molecular flexibility index (Phi) is 5.64. The van der Waals surface area contributed by atoms with E-state index in [2.05, 4.69) is 168 Å².